The van der Waals surface area contributed by atoms with Crippen LogP contribution in [-0.4, -0.2) is 49.6 Å². The van der Waals surface area contributed by atoms with E-state index in [1.807, 2.05) is 23.9 Å². The van der Waals surface area contributed by atoms with E-state index in [0.29, 0.717) is 18.2 Å². The number of carbonyl (C=O) groups is 2. The number of thiazole rings is 2. The number of anilines is 2. The highest BCUT2D eigenvalue weighted by atomic mass is 32.1. The van der Waals surface area contributed by atoms with Crippen molar-refractivity contribution in [3.63, 3.8) is 0 Å². The SMILES string of the molecule is CNc1ccc(C2CCCCC2)nn1.O=C(Cc1cscn1)Nc1cccnn1.O=CCc1cscn1. The van der Waals surface area contributed by atoms with Gasteiger partial charge in [0, 0.05) is 36.3 Å². The Morgan fingerprint density at radius 3 is 2.30 bits per heavy atom. The zero-order valence-corrected chi connectivity index (χ0v) is 22.2. The lowest BCUT2D eigenvalue weighted by molar-refractivity contribution is -0.115. The Bertz CT molecular complexity index is 1150. The average Bonchev–Trinajstić information content (AvgIpc) is 3.66. The molecule has 0 bridgehead atoms. The minimum Gasteiger partial charge on any atom is -0.372 e. The second-order valence-electron chi connectivity index (χ2n) is 8.09. The second kappa shape index (κ2) is 16.2. The van der Waals surface area contributed by atoms with Crippen molar-refractivity contribution in [2.75, 3.05) is 17.7 Å². The molecular weight excluding hydrogens is 508 g/mol. The molecule has 1 fully saturated rings. The lowest BCUT2D eigenvalue weighted by atomic mass is 9.87. The predicted molar refractivity (Wildman–Crippen MR) is 146 cm³/mol. The smallest absolute Gasteiger partial charge is 0.231 e. The van der Waals surface area contributed by atoms with Gasteiger partial charge in [-0.25, -0.2) is 9.97 Å². The van der Waals surface area contributed by atoms with E-state index in [9.17, 15) is 9.59 Å². The Morgan fingerprint density at radius 1 is 0.973 bits per heavy atom. The summed E-state index contributed by atoms with van der Waals surface area (Å²) in [6.45, 7) is 0. The van der Waals surface area contributed by atoms with Crippen molar-refractivity contribution < 1.29 is 9.59 Å². The van der Waals surface area contributed by atoms with E-state index in [0.717, 1.165) is 23.5 Å². The number of aromatic nitrogens is 6. The third kappa shape index (κ3) is 10.5. The molecule has 4 aromatic rings. The summed E-state index contributed by atoms with van der Waals surface area (Å²) < 4.78 is 0. The summed E-state index contributed by atoms with van der Waals surface area (Å²) in [6.07, 6.45) is 9.77. The maximum atomic E-state index is 11.5. The Balaban J connectivity index is 0.000000161. The van der Waals surface area contributed by atoms with Crippen molar-refractivity contribution in [2.24, 2.45) is 0 Å². The molecule has 0 radical (unpaired) electrons. The molecule has 2 N–H and O–H groups in total. The van der Waals surface area contributed by atoms with E-state index in [4.69, 9.17) is 0 Å². The highest BCUT2D eigenvalue weighted by Gasteiger charge is 2.16. The summed E-state index contributed by atoms with van der Waals surface area (Å²) in [4.78, 5) is 29.2. The molecule has 5 rings (SSSR count). The first-order valence-corrected chi connectivity index (χ1v) is 13.8. The lowest BCUT2D eigenvalue weighted by Crippen LogP contribution is -2.15. The highest BCUT2D eigenvalue weighted by molar-refractivity contribution is 7.07. The van der Waals surface area contributed by atoms with Crippen molar-refractivity contribution in [3.05, 3.63) is 69.3 Å². The van der Waals surface area contributed by atoms with E-state index < -0.39 is 0 Å². The fourth-order valence-electron chi connectivity index (χ4n) is 3.56. The van der Waals surface area contributed by atoms with Gasteiger partial charge in [-0.1, -0.05) is 19.3 Å². The molecular formula is C25H30N8O2S2. The molecule has 37 heavy (non-hydrogen) atoms. The minimum absolute atomic E-state index is 0.138. The third-order valence-electron chi connectivity index (χ3n) is 5.41. The molecule has 1 aliphatic rings. The molecule has 0 unspecified atom stereocenters. The average molecular weight is 539 g/mol. The van der Waals surface area contributed by atoms with Crippen molar-refractivity contribution >= 4 is 46.5 Å². The minimum atomic E-state index is -0.138. The lowest BCUT2D eigenvalue weighted by Gasteiger charge is -2.20. The van der Waals surface area contributed by atoms with Crippen LogP contribution in [0.15, 0.2) is 52.2 Å². The molecule has 1 saturated carbocycles. The van der Waals surface area contributed by atoms with Crippen LogP contribution in [0.25, 0.3) is 0 Å². The number of rotatable bonds is 7. The van der Waals surface area contributed by atoms with Crippen LogP contribution in [0.3, 0.4) is 0 Å². The maximum absolute atomic E-state index is 11.5. The van der Waals surface area contributed by atoms with Crippen LogP contribution in [0.2, 0.25) is 0 Å². The molecule has 1 amide bonds. The molecule has 4 heterocycles. The van der Waals surface area contributed by atoms with Crippen LogP contribution >= 0.6 is 22.7 Å². The van der Waals surface area contributed by atoms with Gasteiger partial charge in [0.25, 0.3) is 0 Å². The summed E-state index contributed by atoms with van der Waals surface area (Å²) in [5.74, 6) is 1.82. The number of hydrogen-bond donors (Lipinski definition) is 2. The van der Waals surface area contributed by atoms with Gasteiger partial charge in [0.1, 0.15) is 12.1 Å². The standard InChI is InChI=1S/C11H17N3.C9H8N4OS.C5H5NOS/c1-12-11-8-7-10(13-14-11)9-5-3-2-4-6-9;14-9(4-7-5-15-6-10-7)12-8-2-1-3-11-13-8;7-2-1-5-3-8-4-6-5/h7-9H,2-6H2,1H3,(H,12,14);1-3,5-6H,4H2,(H,12,13,14);2-4H,1H2. The Hall–Kier alpha value is -3.64. The first-order valence-electron chi connectivity index (χ1n) is 11.9. The highest BCUT2D eigenvalue weighted by Crippen LogP contribution is 2.31. The number of aldehydes is 1. The molecule has 4 aromatic heterocycles. The first kappa shape index (κ1) is 27.9. The van der Waals surface area contributed by atoms with E-state index in [1.165, 1.54) is 60.5 Å². The number of nitrogens with one attached hydrogen (secondary N) is 2. The van der Waals surface area contributed by atoms with Gasteiger partial charge in [-0.3, -0.25) is 4.79 Å². The van der Waals surface area contributed by atoms with Gasteiger partial charge in [-0.15, -0.1) is 32.9 Å². The molecule has 0 atom stereocenters. The van der Waals surface area contributed by atoms with Crippen LogP contribution in [0, 0.1) is 0 Å². The van der Waals surface area contributed by atoms with Crippen LogP contribution in [-0.2, 0) is 22.4 Å². The summed E-state index contributed by atoms with van der Waals surface area (Å²) in [5, 5.41) is 25.1. The number of nitrogens with zero attached hydrogens (tertiary/aromatic N) is 6. The monoisotopic (exact) mass is 538 g/mol. The topological polar surface area (TPSA) is 136 Å². The summed E-state index contributed by atoms with van der Waals surface area (Å²) in [6, 6.07) is 7.52. The molecule has 194 valence electrons. The summed E-state index contributed by atoms with van der Waals surface area (Å²) >= 11 is 2.98. The van der Waals surface area contributed by atoms with E-state index in [1.54, 1.807) is 29.4 Å². The van der Waals surface area contributed by atoms with E-state index >= 15 is 0 Å². The zero-order valence-electron chi connectivity index (χ0n) is 20.6. The van der Waals surface area contributed by atoms with Crippen molar-refractivity contribution in [3.8, 4) is 0 Å². The van der Waals surface area contributed by atoms with Crippen molar-refractivity contribution in [2.45, 2.75) is 50.9 Å². The molecule has 0 spiro atoms. The van der Waals surface area contributed by atoms with E-state index in [-0.39, 0.29) is 12.3 Å². The number of amides is 1. The number of carbonyl (C=O) groups excluding carboxylic acids is 2. The van der Waals surface area contributed by atoms with Gasteiger partial charge in [0.15, 0.2) is 5.82 Å². The maximum Gasteiger partial charge on any atom is 0.231 e. The van der Waals surface area contributed by atoms with Gasteiger partial charge in [-0.05, 0) is 37.1 Å². The Kier molecular flexibility index (Phi) is 12.2. The normalized spacial score (nSPS) is 12.8. The van der Waals surface area contributed by atoms with Crippen molar-refractivity contribution in [1.29, 1.82) is 0 Å². The van der Waals surface area contributed by atoms with Crippen LogP contribution < -0.4 is 10.6 Å². The van der Waals surface area contributed by atoms with Crippen LogP contribution in [0.5, 0.6) is 0 Å². The molecule has 12 heteroatoms. The van der Waals surface area contributed by atoms with Crippen LogP contribution in [0.4, 0.5) is 11.6 Å². The number of hydrogen-bond acceptors (Lipinski definition) is 11. The Labute approximate surface area is 224 Å². The van der Waals surface area contributed by atoms with E-state index in [2.05, 4.69) is 47.1 Å². The summed E-state index contributed by atoms with van der Waals surface area (Å²) in [5.41, 5.74) is 6.22. The summed E-state index contributed by atoms with van der Waals surface area (Å²) in [7, 11) is 1.87. The fourth-order valence-corrected chi connectivity index (χ4v) is 4.69. The molecule has 0 aliphatic heterocycles. The van der Waals surface area contributed by atoms with Gasteiger partial charge in [-0.2, -0.15) is 10.2 Å². The fraction of sp³-hybridized carbons (Fsp3) is 0.360. The van der Waals surface area contributed by atoms with Gasteiger partial charge in [0.05, 0.1) is 34.5 Å². The van der Waals surface area contributed by atoms with Crippen molar-refractivity contribution in [1.82, 2.24) is 30.4 Å². The van der Waals surface area contributed by atoms with Gasteiger partial charge in [0.2, 0.25) is 5.91 Å². The quantitative estimate of drug-likeness (QED) is 0.324. The first-order chi connectivity index (χ1) is 18.2. The third-order valence-corrected chi connectivity index (χ3v) is 6.68. The predicted octanol–water partition coefficient (Wildman–Crippen LogP) is 4.56. The zero-order chi connectivity index (χ0) is 26.1. The molecule has 0 saturated heterocycles. The Morgan fingerprint density at radius 2 is 1.73 bits per heavy atom. The van der Waals surface area contributed by atoms with Crippen LogP contribution in [0.1, 0.15) is 55.1 Å². The van der Waals surface area contributed by atoms with Gasteiger partial charge < -0.3 is 15.4 Å². The molecule has 10 nitrogen and oxygen atoms in total. The largest absolute Gasteiger partial charge is 0.372 e. The second-order valence-corrected chi connectivity index (χ2v) is 9.53. The molecule has 1 aliphatic carbocycles. The van der Waals surface area contributed by atoms with Gasteiger partial charge >= 0.3 is 0 Å². The molecule has 0 aromatic carbocycles.